The van der Waals surface area contributed by atoms with E-state index < -0.39 is 0 Å². The van der Waals surface area contributed by atoms with Gasteiger partial charge in [0.15, 0.2) is 5.90 Å². The summed E-state index contributed by atoms with van der Waals surface area (Å²) in [6.07, 6.45) is 0.151. The molecule has 2 heterocycles. The zero-order valence-corrected chi connectivity index (χ0v) is 8.65. The summed E-state index contributed by atoms with van der Waals surface area (Å²) in [5.74, 6) is 1.87. The van der Waals surface area contributed by atoms with E-state index in [-0.39, 0.29) is 18.4 Å². The summed E-state index contributed by atoms with van der Waals surface area (Å²) in [6.45, 7) is 8.44. The zero-order valence-electron chi connectivity index (χ0n) is 8.65. The van der Waals surface area contributed by atoms with Gasteiger partial charge in [-0.1, -0.05) is 13.8 Å². The molecule has 5 atom stereocenters. The van der Waals surface area contributed by atoms with E-state index in [1.54, 1.807) is 0 Å². The standard InChI is InChI=1S/C10H17NO2/c1-5-6(2)9-10(12-7(5)3)13-8(4)11-9/h5-7,9-10H,1-4H3/t5-,6-,7+,9?,10-/m0/s1. The van der Waals surface area contributed by atoms with Gasteiger partial charge in [-0.25, -0.2) is 4.99 Å². The number of hydrogen-bond acceptors (Lipinski definition) is 3. The van der Waals surface area contributed by atoms with Gasteiger partial charge in [-0.2, -0.15) is 0 Å². The topological polar surface area (TPSA) is 30.8 Å². The predicted octanol–water partition coefficient (Wildman–Crippen LogP) is 1.82. The molecule has 0 amide bonds. The molecule has 0 spiro atoms. The number of ether oxygens (including phenoxy) is 2. The van der Waals surface area contributed by atoms with Crippen molar-refractivity contribution >= 4 is 5.90 Å². The third-order valence-electron chi connectivity index (χ3n) is 3.35. The summed E-state index contributed by atoms with van der Waals surface area (Å²) in [7, 11) is 0. The molecular weight excluding hydrogens is 166 g/mol. The molecule has 0 bridgehead atoms. The van der Waals surface area contributed by atoms with E-state index in [2.05, 4.69) is 25.8 Å². The van der Waals surface area contributed by atoms with Crippen LogP contribution in [0.5, 0.6) is 0 Å². The molecule has 1 unspecified atom stereocenters. The van der Waals surface area contributed by atoms with Crippen LogP contribution in [0.15, 0.2) is 4.99 Å². The SMILES string of the molecule is CC1=NC2[C@H](O1)O[C@H](C)[C@@H](C)[C@@H]2C. The Morgan fingerprint density at radius 1 is 1.15 bits per heavy atom. The largest absolute Gasteiger partial charge is 0.450 e. The number of rotatable bonds is 0. The first-order chi connectivity index (χ1) is 6.09. The van der Waals surface area contributed by atoms with Crippen molar-refractivity contribution < 1.29 is 9.47 Å². The highest BCUT2D eigenvalue weighted by Gasteiger charge is 2.43. The lowest BCUT2D eigenvalue weighted by molar-refractivity contribution is -0.180. The molecule has 1 fully saturated rings. The van der Waals surface area contributed by atoms with Crippen molar-refractivity contribution in [3.8, 4) is 0 Å². The van der Waals surface area contributed by atoms with Gasteiger partial charge in [0.25, 0.3) is 0 Å². The van der Waals surface area contributed by atoms with Crippen LogP contribution in [0, 0.1) is 11.8 Å². The molecule has 0 aromatic heterocycles. The van der Waals surface area contributed by atoms with E-state index in [1.165, 1.54) is 0 Å². The molecule has 1 saturated heterocycles. The number of aliphatic imine (C=N–C) groups is 1. The second-order valence-corrected chi connectivity index (χ2v) is 4.18. The fourth-order valence-corrected chi connectivity index (χ4v) is 2.09. The van der Waals surface area contributed by atoms with Gasteiger partial charge in [-0.15, -0.1) is 0 Å². The first-order valence-corrected chi connectivity index (χ1v) is 4.96. The molecule has 0 saturated carbocycles. The zero-order chi connectivity index (χ0) is 9.59. The van der Waals surface area contributed by atoms with Crippen LogP contribution in [0.1, 0.15) is 27.7 Å². The van der Waals surface area contributed by atoms with Crippen molar-refractivity contribution in [2.45, 2.75) is 46.1 Å². The van der Waals surface area contributed by atoms with Crippen LogP contribution < -0.4 is 0 Å². The smallest absolute Gasteiger partial charge is 0.224 e. The Bertz CT molecular complexity index is 239. The van der Waals surface area contributed by atoms with E-state index in [0.717, 1.165) is 5.90 Å². The number of hydrogen-bond donors (Lipinski definition) is 0. The maximum Gasteiger partial charge on any atom is 0.224 e. The molecule has 0 radical (unpaired) electrons. The summed E-state index contributed by atoms with van der Waals surface area (Å²) in [5, 5.41) is 0. The quantitative estimate of drug-likeness (QED) is 0.573. The van der Waals surface area contributed by atoms with Gasteiger partial charge < -0.3 is 9.47 Å². The highest BCUT2D eigenvalue weighted by Crippen LogP contribution is 2.35. The Labute approximate surface area is 79.1 Å². The lowest BCUT2D eigenvalue weighted by atomic mass is 9.83. The third kappa shape index (κ3) is 1.35. The highest BCUT2D eigenvalue weighted by atomic mass is 16.7. The first kappa shape index (κ1) is 9.00. The third-order valence-corrected chi connectivity index (χ3v) is 3.35. The Morgan fingerprint density at radius 2 is 1.85 bits per heavy atom. The van der Waals surface area contributed by atoms with Crippen molar-refractivity contribution in [2.24, 2.45) is 16.8 Å². The average molecular weight is 183 g/mol. The number of fused-ring (bicyclic) bond motifs is 1. The van der Waals surface area contributed by atoms with Crippen molar-refractivity contribution in [2.75, 3.05) is 0 Å². The van der Waals surface area contributed by atoms with Gasteiger partial charge >= 0.3 is 0 Å². The molecule has 13 heavy (non-hydrogen) atoms. The summed E-state index contributed by atoms with van der Waals surface area (Å²) in [6, 6.07) is 0.214. The molecule has 2 aliphatic rings. The fraction of sp³-hybridized carbons (Fsp3) is 0.900. The van der Waals surface area contributed by atoms with E-state index >= 15 is 0 Å². The first-order valence-electron chi connectivity index (χ1n) is 4.96. The van der Waals surface area contributed by atoms with Gasteiger partial charge in [0.2, 0.25) is 6.29 Å². The molecule has 0 aliphatic carbocycles. The average Bonchev–Trinajstić information content (AvgIpc) is 2.42. The predicted molar refractivity (Wildman–Crippen MR) is 50.6 cm³/mol. The van der Waals surface area contributed by atoms with Crippen molar-refractivity contribution in [1.82, 2.24) is 0 Å². The minimum Gasteiger partial charge on any atom is -0.450 e. The van der Waals surface area contributed by atoms with Crippen LogP contribution in [0.3, 0.4) is 0 Å². The van der Waals surface area contributed by atoms with Crippen LogP contribution in [-0.2, 0) is 9.47 Å². The monoisotopic (exact) mass is 183 g/mol. The van der Waals surface area contributed by atoms with Crippen molar-refractivity contribution in [3.05, 3.63) is 0 Å². The maximum atomic E-state index is 5.73. The lowest BCUT2D eigenvalue weighted by Gasteiger charge is -2.38. The molecule has 2 aliphatic heterocycles. The van der Waals surface area contributed by atoms with Crippen LogP contribution in [0.2, 0.25) is 0 Å². The van der Waals surface area contributed by atoms with Crippen molar-refractivity contribution in [1.29, 1.82) is 0 Å². The van der Waals surface area contributed by atoms with Crippen LogP contribution in [0.25, 0.3) is 0 Å². The van der Waals surface area contributed by atoms with Gasteiger partial charge in [-0.3, -0.25) is 0 Å². The van der Waals surface area contributed by atoms with Gasteiger partial charge in [0, 0.05) is 6.92 Å². The molecule has 0 aromatic rings. The molecule has 3 heteroatoms. The van der Waals surface area contributed by atoms with E-state index in [4.69, 9.17) is 9.47 Å². The van der Waals surface area contributed by atoms with Gasteiger partial charge in [-0.05, 0) is 18.8 Å². The molecular formula is C10H17NO2. The molecule has 3 nitrogen and oxygen atoms in total. The summed E-state index contributed by atoms with van der Waals surface area (Å²) < 4.78 is 11.2. The normalized spacial score (nSPS) is 49.5. The number of nitrogens with zero attached hydrogens (tertiary/aromatic N) is 1. The fourth-order valence-electron chi connectivity index (χ4n) is 2.09. The summed E-state index contributed by atoms with van der Waals surface area (Å²) in [5.41, 5.74) is 0. The minimum atomic E-state index is -0.124. The van der Waals surface area contributed by atoms with E-state index in [9.17, 15) is 0 Å². The Morgan fingerprint density at radius 3 is 2.54 bits per heavy atom. The van der Waals surface area contributed by atoms with Crippen molar-refractivity contribution in [3.63, 3.8) is 0 Å². The maximum absolute atomic E-state index is 5.73. The van der Waals surface area contributed by atoms with E-state index in [0.29, 0.717) is 11.8 Å². The van der Waals surface area contributed by atoms with Crippen LogP contribution in [-0.4, -0.2) is 24.3 Å². The van der Waals surface area contributed by atoms with Crippen LogP contribution in [0.4, 0.5) is 0 Å². The van der Waals surface area contributed by atoms with E-state index in [1.807, 2.05) is 6.92 Å². The molecule has 2 rings (SSSR count). The summed E-state index contributed by atoms with van der Waals surface area (Å²) in [4.78, 5) is 4.45. The minimum absolute atomic E-state index is 0.124. The lowest BCUT2D eigenvalue weighted by Crippen LogP contribution is -2.45. The Kier molecular flexibility index (Phi) is 2.06. The Hall–Kier alpha value is -0.570. The second-order valence-electron chi connectivity index (χ2n) is 4.18. The highest BCUT2D eigenvalue weighted by molar-refractivity contribution is 5.75. The second kappa shape index (κ2) is 2.98. The molecule has 0 aromatic carbocycles. The Balaban J connectivity index is 2.17. The molecule has 0 N–H and O–H groups in total. The van der Waals surface area contributed by atoms with Crippen LogP contribution >= 0.6 is 0 Å². The van der Waals surface area contributed by atoms with Gasteiger partial charge in [0.05, 0.1) is 6.10 Å². The molecule has 74 valence electrons. The van der Waals surface area contributed by atoms with Gasteiger partial charge in [0.1, 0.15) is 6.04 Å². The summed E-state index contributed by atoms with van der Waals surface area (Å²) >= 11 is 0.